The largest absolute Gasteiger partial charge is 0.493 e. The molecule has 2 N–H and O–H groups in total. The number of likely N-dealkylation sites (N-methyl/N-ethyl adjacent to an activating group) is 1. The Morgan fingerprint density at radius 3 is 2.31 bits per heavy atom. The van der Waals surface area contributed by atoms with Gasteiger partial charge in [-0.1, -0.05) is 19.9 Å². The van der Waals surface area contributed by atoms with Crippen molar-refractivity contribution in [3.05, 3.63) is 23.8 Å². The van der Waals surface area contributed by atoms with Crippen molar-refractivity contribution >= 4 is 5.96 Å². The summed E-state index contributed by atoms with van der Waals surface area (Å²) in [5.74, 6) is 2.95. The SMILES string of the molecule is CN=C(NCC(CC(C)C)N(C)C)NCC(c1ccc(OC)c(OC)c1)N1CCOCC1. The first-order chi connectivity index (χ1) is 15.4. The molecule has 8 heteroatoms. The molecule has 1 saturated heterocycles. The lowest BCUT2D eigenvalue weighted by Crippen LogP contribution is -2.48. The van der Waals surface area contributed by atoms with Gasteiger partial charge in [-0.05, 0) is 44.1 Å². The lowest BCUT2D eigenvalue weighted by Gasteiger charge is -2.35. The van der Waals surface area contributed by atoms with E-state index >= 15 is 0 Å². The maximum atomic E-state index is 5.59. The summed E-state index contributed by atoms with van der Waals surface area (Å²) in [5.41, 5.74) is 1.18. The second-order valence-electron chi connectivity index (χ2n) is 8.86. The van der Waals surface area contributed by atoms with Gasteiger partial charge in [-0.25, -0.2) is 0 Å². The van der Waals surface area contributed by atoms with Crippen molar-refractivity contribution in [3.63, 3.8) is 0 Å². The zero-order valence-corrected chi connectivity index (χ0v) is 21.0. The van der Waals surface area contributed by atoms with Gasteiger partial charge in [0, 0.05) is 39.3 Å². The fourth-order valence-corrected chi connectivity index (χ4v) is 4.06. The summed E-state index contributed by atoms with van der Waals surface area (Å²) >= 11 is 0. The van der Waals surface area contributed by atoms with Crippen LogP contribution in [0.5, 0.6) is 11.5 Å². The van der Waals surface area contributed by atoms with Gasteiger partial charge in [0.05, 0.1) is 33.5 Å². The Labute approximate surface area is 194 Å². The van der Waals surface area contributed by atoms with E-state index in [9.17, 15) is 0 Å². The van der Waals surface area contributed by atoms with Crippen LogP contribution < -0.4 is 20.1 Å². The molecule has 1 aliphatic heterocycles. The van der Waals surface area contributed by atoms with Crippen LogP contribution in [0.25, 0.3) is 0 Å². The first-order valence-electron chi connectivity index (χ1n) is 11.5. The third-order valence-corrected chi connectivity index (χ3v) is 5.94. The molecule has 0 aromatic heterocycles. The molecule has 8 nitrogen and oxygen atoms in total. The Hall–Kier alpha value is -2.03. The second kappa shape index (κ2) is 13.5. The lowest BCUT2D eigenvalue weighted by molar-refractivity contribution is 0.0169. The number of hydrogen-bond acceptors (Lipinski definition) is 6. The lowest BCUT2D eigenvalue weighted by atomic mass is 10.0. The molecule has 32 heavy (non-hydrogen) atoms. The van der Waals surface area contributed by atoms with Crippen molar-refractivity contribution in [2.75, 3.05) is 74.8 Å². The maximum absolute atomic E-state index is 5.59. The molecule has 2 unspecified atom stereocenters. The van der Waals surface area contributed by atoms with E-state index in [0.29, 0.717) is 12.0 Å². The van der Waals surface area contributed by atoms with E-state index in [0.717, 1.165) is 63.3 Å². The van der Waals surface area contributed by atoms with Gasteiger partial charge in [0.2, 0.25) is 0 Å². The quantitative estimate of drug-likeness (QED) is 0.396. The van der Waals surface area contributed by atoms with Crippen molar-refractivity contribution in [3.8, 4) is 11.5 Å². The number of nitrogens with one attached hydrogen (secondary N) is 2. The van der Waals surface area contributed by atoms with Gasteiger partial charge in [0.1, 0.15) is 0 Å². The minimum absolute atomic E-state index is 0.164. The summed E-state index contributed by atoms with van der Waals surface area (Å²) in [6, 6.07) is 6.78. The highest BCUT2D eigenvalue weighted by molar-refractivity contribution is 5.79. The molecule has 1 aromatic rings. The molecule has 0 bridgehead atoms. The van der Waals surface area contributed by atoms with Crippen LogP contribution in [0.4, 0.5) is 0 Å². The molecular formula is C24H43N5O3. The Kier molecular flexibility index (Phi) is 11.1. The summed E-state index contributed by atoms with van der Waals surface area (Å²) in [6.45, 7) is 9.38. The molecule has 182 valence electrons. The van der Waals surface area contributed by atoms with Crippen molar-refractivity contribution < 1.29 is 14.2 Å². The van der Waals surface area contributed by atoms with Gasteiger partial charge in [-0.3, -0.25) is 9.89 Å². The summed E-state index contributed by atoms with van der Waals surface area (Å²) in [4.78, 5) is 9.19. The molecule has 2 rings (SSSR count). The van der Waals surface area contributed by atoms with Crippen LogP contribution in [0.2, 0.25) is 0 Å². The van der Waals surface area contributed by atoms with Gasteiger partial charge in [0.15, 0.2) is 17.5 Å². The van der Waals surface area contributed by atoms with Crippen LogP contribution in [0.3, 0.4) is 0 Å². The van der Waals surface area contributed by atoms with Gasteiger partial charge in [0.25, 0.3) is 0 Å². The van der Waals surface area contributed by atoms with Gasteiger partial charge in [-0.2, -0.15) is 0 Å². The molecule has 1 fully saturated rings. The Morgan fingerprint density at radius 2 is 1.75 bits per heavy atom. The van der Waals surface area contributed by atoms with E-state index in [1.54, 1.807) is 14.2 Å². The number of morpholine rings is 1. The van der Waals surface area contributed by atoms with Crippen LogP contribution in [0.1, 0.15) is 31.9 Å². The maximum Gasteiger partial charge on any atom is 0.191 e. The fourth-order valence-electron chi connectivity index (χ4n) is 4.06. The number of guanidine groups is 1. The van der Waals surface area contributed by atoms with Crippen LogP contribution in [-0.2, 0) is 4.74 Å². The normalized spacial score (nSPS) is 17.3. The van der Waals surface area contributed by atoms with Gasteiger partial charge < -0.3 is 29.7 Å². The molecule has 1 aliphatic rings. The highest BCUT2D eigenvalue weighted by atomic mass is 16.5. The molecule has 0 spiro atoms. The van der Waals surface area contributed by atoms with Crippen LogP contribution in [0, 0.1) is 5.92 Å². The van der Waals surface area contributed by atoms with Crippen LogP contribution >= 0.6 is 0 Å². The molecule has 1 heterocycles. The van der Waals surface area contributed by atoms with Crippen molar-refractivity contribution in [2.24, 2.45) is 10.9 Å². The highest BCUT2D eigenvalue weighted by Gasteiger charge is 2.24. The van der Waals surface area contributed by atoms with E-state index in [2.05, 4.69) is 65.5 Å². The molecule has 0 amide bonds. The fraction of sp³-hybridized carbons (Fsp3) is 0.708. The molecule has 0 aliphatic carbocycles. The van der Waals surface area contributed by atoms with Crippen molar-refractivity contribution in [1.82, 2.24) is 20.4 Å². The second-order valence-corrected chi connectivity index (χ2v) is 8.86. The predicted molar refractivity (Wildman–Crippen MR) is 131 cm³/mol. The first-order valence-corrected chi connectivity index (χ1v) is 11.5. The summed E-state index contributed by atoms with van der Waals surface area (Å²) < 4.78 is 16.6. The van der Waals surface area contributed by atoms with Crippen LogP contribution in [0.15, 0.2) is 23.2 Å². The smallest absolute Gasteiger partial charge is 0.191 e. The zero-order valence-electron chi connectivity index (χ0n) is 21.0. The number of hydrogen-bond donors (Lipinski definition) is 2. The van der Waals surface area contributed by atoms with E-state index in [4.69, 9.17) is 14.2 Å². The molecule has 1 aromatic carbocycles. The topological polar surface area (TPSA) is 70.6 Å². The predicted octanol–water partition coefficient (Wildman–Crippen LogP) is 2.22. The van der Waals surface area contributed by atoms with Crippen molar-refractivity contribution in [1.29, 1.82) is 0 Å². The summed E-state index contributed by atoms with van der Waals surface area (Å²) in [6.07, 6.45) is 1.14. The summed E-state index contributed by atoms with van der Waals surface area (Å²) in [5, 5.41) is 7.06. The van der Waals surface area contributed by atoms with E-state index < -0.39 is 0 Å². The Morgan fingerprint density at radius 1 is 1.09 bits per heavy atom. The van der Waals surface area contributed by atoms with Gasteiger partial charge >= 0.3 is 0 Å². The monoisotopic (exact) mass is 449 g/mol. The average Bonchev–Trinajstić information content (AvgIpc) is 2.80. The third-order valence-electron chi connectivity index (χ3n) is 5.94. The summed E-state index contributed by atoms with van der Waals surface area (Å²) in [7, 11) is 9.43. The number of ether oxygens (including phenoxy) is 3. The minimum atomic E-state index is 0.164. The number of methoxy groups -OCH3 is 2. The number of aliphatic imine (C=N–C) groups is 1. The molecular weight excluding hydrogens is 406 g/mol. The van der Waals surface area contributed by atoms with E-state index in [1.807, 2.05) is 13.1 Å². The molecule has 0 saturated carbocycles. The number of benzene rings is 1. The molecule has 2 atom stereocenters. The number of nitrogens with zero attached hydrogens (tertiary/aromatic N) is 3. The first kappa shape index (κ1) is 26.2. The third kappa shape index (κ3) is 7.83. The van der Waals surface area contributed by atoms with Gasteiger partial charge in [-0.15, -0.1) is 0 Å². The standard InChI is InChI=1S/C24H43N5O3/c1-18(2)14-20(28(4)5)16-26-24(25-3)27-17-21(29-10-12-32-13-11-29)19-8-9-22(30-6)23(15-19)31-7/h8-9,15,18,20-21H,10-14,16-17H2,1-7H3,(H2,25,26,27). The highest BCUT2D eigenvalue weighted by Crippen LogP contribution is 2.32. The van der Waals surface area contributed by atoms with E-state index in [-0.39, 0.29) is 6.04 Å². The van der Waals surface area contributed by atoms with Crippen molar-refractivity contribution in [2.45, 2.75) is 32.4 Å². The minimum Gasteiger partial charge on any atom is -0.493 e. The molecule has 0 radical (unpaired) electrons. The average molecular weight is 450 g/mol. The van der Waals surface area contributed by atoms with E-state index in [1.165, 1.54) is 5.56 Å². The Bertz CT molecular complexity index is 705. The zero-order chi connectivity index (χ0) is 23.5. The number of rotatable bonds is 11. The van der Waals surface area contributed by atoms with Crippen LogP contribution in [-0.4, -0.2) is 96.6 Å². The Balaban J connectivity index is 2.10.